The molecule has 0 unspecified atom stereocenters. The summed E-state index contributed by atoms with van der Waals surface area (Å²) < 4.78 is 24.3. The second-order valence-corrected chi connectivity index (χ2v) is 7.98. The van der Waals surface area contributed by atoms with E-state index >= 15 is 0 Å². The minimum Gasteiger partial charge on any atom is -0.344 e. The third-order valence-corrected chi connectivity index (χ3v) is 5.07. The lowest BCUT2D eigenvalue weighted by Gasteiger charge is -2.23. The van der Waals surface area contributed by atoms with E-state index in [1.165, 1.54) is 6.07 Å². The molecule has 0 spiro atoms. The van der Waals surface area contributed by atoms with Crippen molar-refractivity contribution in [1.29, 1.82) is 0 Å². The molecule has 0 atom stereocenters. The van der Waals surface area contributed by atoms with Gasteiger partial charge in [-0.3, -0.25) is 4.79 Å². The van der Waals surface area contributed by atoms with E-state index in [4.69, 9.17) is 23.2 Å². The summed E-state index contributed by atoms with van der Waals surface area (Å²) in [6, 6.07) is 9.96. The molecule has 2 rings (SSSR count). The normalized spacial score (nSPS) is 11.3. The highest BCUT2D eigenvalue weighted by Gasteiger charge is 2.21. The van der Waals surface area contributed by atoms with E-state index in [2.05, 4.69) is 0 Å². The second kappa shape index (κ2) is 6.51. The highest BCUT2D eigenvalue weighted by molar-refractivity contribution is 7.90. The van der Waals surface area contributed by atoms with Crippen LogP contribution in [0.5, 0.6) is 0 Å². The van der Waals surface area contributed by atoms with E-state index in [0.717, 1.165) is 11.9 Å². The van der Waals surface area contributed by atoms with E-state index in [0.29, 0.717) is 16.3 Å². The van der Waals surface area contributed by atoms with Crippen molar-refractivity contribution >= 4 is 49.7 Å². The van der Waals surface area contributed by atoms with Crippen LogP contribution in [0.1, 0.15) is 15.9 Å². The van der Waals surface area contributed by atoms with Gasteiger partial charge in [-0.1, -0.05) is 11.6 Å². The molecule has 0 heterocycles. The Labute approximate surface area is 145 Å². The summed E-state index contributed by atoms with van der Waals surface area (Å²) >= 11 is 11.4. The number of carbonyl (C=O) groups is 1. The average Bonchev–Trinajstić information content (AvgIpc) is 2.45. The van der Waals surface area contributed by atoms with Crippen LogP contribution >= 0.6 is 23.2 Å². The summed E-state index contributed by atoms with van der Waals surface area (Å²) in [4.78, 5) is 13.2. The molecular weight excluding hydrogens is 357 g/mol. The molecule has 0 fully saturated rings. The third-order valence-electron chi connectivity index (χ3n) is 3.49. The first-order valence-corrected chi connectivity index (χ1v) is 9.30. The van der Waals surface area contributed by atoms with Crippen molar-refractivity contribution in [2.75, 3.05) is 18.2 Å². The molecule has 0 aliphatic rings. The van der Waals surface area contributed by atoms with Crippen LogP contribution in [0.25, 0.3) is 0 Å². The molecule has 2 aromatic rings. The van der Waals surface area contributed by atoms with Gasteiger partial charge in [-0.2, -0.15) is 0 Å². The zero-order valence-corrected chi connectivity index (χ0v) is 15.1. The maximum absolute atomic E-state index is 12.1. The Bertz CT molecular complexity index is 862. The van der Waals surface area contributed by atoms with Gasteiger partial charge in [0.2, 0.25) is 0 Å². The zero-order valence-electron chi connectivity index (χ0n) is 12.8. The quantitative estimate of drug-likeness (QED) is 0.755. The van der Waals surface area contributed by atoms with Gasteiger partial charge in [0.1, 0.15) is 0 Å². The molecule has 0 aromatic heterocycles. The van der Waals surface area contributed by atoms with Crippen molar-refractivity contribution in [1.82, 2.24) is 0 Å². The van der Waals surface area contributed by atoms with Gasteiger partial charge in [-0.15, -0.1) is 0 Å². The molecule has 0 amide bonds. The zero-order chi connectivity index (χ0) is 17.4. The number of nitrogens with zero attached hydrogens (tertiary/aromatic N) is 1. The lowest BCUT2D eigenvalue weighted by atomic mass is 10.1. The minimum atomic E-state index is -3.55. The van der Waals surface area contributed by atoms with Crippen LogP contribution in [0.3, 0.4) is 0 Å². The van der Waals surface area contributed by atoms with Gasteiger partial charge in [0.05, 0.1) is 10.6 Å². The SMILES string of the molecule is Cc1cc(N(C)c2ccc(Cl)cc2)c(S(C)(=O)=O)cc1C(=O)Cl. The van der Waals surface area contributed by atoms with Crippen LogP contribution in [-0.4, -0.2) is 27.0 Å². The van der Waals surface area contributed by atoms with Gasteiger partial charge in [-0.05, 0) is 60.5 Å². The van der Waals surface area contributed by atoms with Gasteiger partial charge in [0.15, 0.2) is 9.84 Å². The van der Waals surface area contributed by atoms with E-state index in [9.17, 15) is 13.2 Å². The number of hydrogen-bond donors (Lipinski definition) is 0. The number of hydrogen-bond acceptors (Lipinski definition) is 4. The molecule has 0 saturated heterocycles. The molecule has 7 heteroatoms. The fourth-order valence-electron chi connectivity index (χ4n) is 2.25. The van der Waals surface area contributed by atoms with Crippen LogP contribution in [0.15, 0.2) is 41.3 Å². The predicted octanol–water partition coefficient (Wildman–Crippen LogP) is 4.20. The van der Waals surface area contributed by atoms with Crippen LogP contribution < -0.4 is 4.90 Å². The van der Waals surface area contributed by atoms with E-state index in [1.807, 2.05) is 0 Å². The molecule has 2 aromatic carbocycles. The number of halogens is 2. The van der Waals surface area contributed by atoms with Gasteiger partial charge in [0.25, 0.3) is 5.24 Å². The van der Waals surface area contributed by atoms with E-state index in [1.54, 1.807) is 49.2 Å². The topological polar surface area (TPSA) is 54.5 Å². The standard InChI is InChI=1S/C16H15Cl2NO3S/c1-10-8-14(19(2)12-6-4-11(17)5-7-12)15(23(3,21)22)9-13(10)16(18)20/h4-9H,1-3H3. The van der Waals surface area contributed by atoms with Crippen molar-refractivity contribution in [2.24, 2.45) is 0 Å². The summed E-state index contributed by atoms with van der Waals surface area (Å²) in [7, 11) is -1.80. The summed E-state index contributed by atoms with van der Waals surface area (Å²) in [5.74, 6) is 0. The largest absolute Gasteiger partial charge is 0.344 e. The van der Waals surface area contributed by atoms with Crippen LogP contribution in [0, 0.1) is 6.92 Å². The molecule has 0 saturated carbocycles. The smallest absolute Gasteiger partial charge is 0.252 e. The predicted molar refractivity (Wildman–Crippen MR) is 94.0 cm³/mol. The molecule has 0 N–H and O–H groups in total. The van der Waals surface area contributed by atoms with Crippen molar-refractivity contribution in [3.05, 3.63) is 52.5 Å². The molecule has 0 radical (unpaired) electrons. The summed E-state index contributed by atoms with van der Waals surface area (Å²) in [6.45, 7) is 1.71. The number of sulfone groups is 1. The number of rotatable bonds is 4. The maximum Gasteiger partial charge on any atom is 0.252 e. The fraction of sp³-hybridized carbons (Fsp3) is 0.188. The van der Waals surface area contributed by atoms with Gasteiger partial charge in [0, 0.05) is 29.6 Å². The monoisotopic (exact) mass is 371 g/mol. The van der Waals surface area contributed by atoms with Crippen LogP contribution in [0.4, 0.5) is 11.4 Å². The molecule has 0 aliphatic carbocycles. The minimum absolute atomic E-state index is 0.0459. The number of benzene rings is 2. The summed E-state index contributed by atoms with van der Waals surface area (Å²) in [5, 5.41) is -0.0992. The Morgan fingerprint density at radius 2 is 1.70 bits per heavy atom. The Hall–Kier alpha value is -1.56. The van der Waals surface area contributed by atoms with Crippen molar-refractivity contribution in [2.45, 2.75) is 11.8 Å². The van der Waals surface area contributed by atoms with Crippen LogP contribution in [-0.2, 0) is 9.84 Å². The molecule has 23 heavy (non-hydrogen) atoms. The first-order chi connectivity index (χ1) is 10.6. The Balaban J connectivity index is 2.67. The summed E-state index contributed by atoms with van der Waals surface area (Å²) in [5.41, 5.74) is 2.02. The van der Waals surface area contributed by atoms with Crippen molar-refractivity contribution in [3.63, 3.8) is 0 Å². The number of anilines is 2. The Morgan fingerprint density at radius 1 is 1.13 bits per heavy atom. The molecule has 0 aliphatic heterocycles. The number of aryl methyl sites for hydroxylation is 1. The molecule has 122 valence electrons. The molecular formula is C16H15Cl2NO3S. The first-order valence-electron chi connectivity index (χ1n) is 6.65. The first kappa shape index (κ1) is 17.8. The van der Waals surface area contributed by atoms with Crippen molar-refractivity contribution in [3.8, 4) is 0 Å². The average molecular weight is 372 g/mol. The lowest BCUT2D eigenvalue weighted by molar-refractivity contribution is 0.108. The Kier molecular flexibility index (Phi) is 5.04. The molecule has 0 bridgehead atoms. The van der Waals surface area contributed by atoms with Crippen LogP contribution in [0.2, 0.25) is 5.02 Å². The molecule has 4 nitrogen and oxygen atoms in total. The fourth-order valence-corrected chi connectivity index (χ4v) is 3.48. The number of carbonyl (C=O) groups excluding carboxylic acids is 1. The maximum atomic E-state index is 12.1. The highest BCUT2D eigenvalue weighted by Crippen LogP contribution is 2.33. The van der Waals surface area contributed by atoms with E-state index in [-0.39, 0.29) is 10.5 Å². The third kappa shape index (κ3) is 3.86. The second-order valence-electron chi connectivity index (χ2n) is 5.22. The van der Waals surface area contributed by atoms with Gasteiger partial charge < -0.3 is 4.90 Å². The Morgan fingerprint density at radius 3 is 2.17 bits per heavy atom. The van der Waals surface area contributed by atoms with Gasteiger partial charge >= 0.3 is 0 Å². The summed E-state index contributed by atoms with van der Waals surface area (Å²) in [6.07, 6.45) is 1.10. The van der Waals surface area contributed by atoms with Crippen molar-refractivity contribution < 1.29 is 13.2 Å². The van der Waals surface area contributed by atoms with E-state index < -0.39 is 15.1 Å². The van der Waals surface area contributed by atoms with Gasteiger partial charge in [-0.25, -0.2) is 8.42 Å². The highest BCUT2D eigenvalue weighted by atomic mass is 35.5. The lowest BCUT2D eigenvalue weighted by Crippen LogP contribution is -2.15.